The molecule has 1 saturated carbocycles. The van der Waals surface area contributed by atoms with Gasteiger partial charge in [-0.25, -0.2) is 9.97 Å². The fourth-order valence-corrected chi connectivity index (χ4v) is 4.62. The van der Waals surface area contributed by atoms with Crippen LogP contribution < -0.4 is 9.80 Å². The molecule has 23 heavy (non-hydrogen) atoms. The fourth-order valence-electron chi connectivity index (χ4n) is 4.62. The van der Waals surface area contributed by atoms with E-state index in [1.165, 1.54) is 19.3 Å². The Morgan fingerprint density at radius 1 is 1.13 bits per heavy atom. The number of carboxylic acids is 1. The summed E-state index contributed by atoms with van der Waals surface area (Å²) in [5.74, 6) is 1.49. The van der Waals surface area contributed by atoms with Gasteiger partial charge in [-0.15, -0.1) is 0 Å². The summed E-state index contributed by atoms with van der Waals surface area (Å²) in [5.41, 5.74) is -0.559. The van der Waals surface area contributed by atoms with Crippen molar-refractivity contribution in [3.8, 4) is 0 Å². The van der Waals surface area contributed by atoms with E-state index in [1.54, 1.807) is 6.33 Å². The molecule has 3 fully saturated rings. The SMILES string of the molecule is O=C(O)[C@@]12CCC[C@H]1CN(c1cc(N3CCCCC3)ncn1)C2. The molecule has 6 heteroatoms. The van der Waals surface area contributed by atoms with E-state index in [0.29, 0.717) is 6.54 Å². The lowest BCUT2D eigenvalue weighted by molar-refractivity contribution is -0.149. The minimum atomic E-state index is -0.632. The van der Waals surface area contributed by atoms with E-state index in [-0.39, 0.29) is 5.92 Å². The minimum Gasteiger partial charge on any atom is -0.481 e. The Kier molecular flexibility index (Phi) is 3.62. The Morgan fingerprint density at radius 3 is 2.57 bits per heavy atom. The Labute approximate surface area is 136 Å². The van der Waals surface area contributed by atoms with E-state index < -0.39 is 11.4 Å². The van der Waals surface area contributed by atoms with Crippen LogP contribution >= 0.6 is 0 Å². The van der Waals surface area contributed by atoms with Crippen molar-refractivity contribution in [3.63, 3.8) is 0 Å². The first-order chi connectivity index (χ1) is 11.2. The van der Waals surface area contributed by atoms with Gasteiger partial charge in [0, 0.05) is 32.2 Å². The van der Waals surface area contributed by atoms with Gasteiger partial charge in [-0.2, -0.15) is 0 Å². The molecule has 2 atom stereocenters. The summed E-state index contributed by atoms with van der Waals surface area (Å²) in [6.07, 6.45) is 8.21. The third kappa shape index (κ3) is 2.44. The minimum absolute atomic E-state index is 0.258. The van der Waals surface area contributed by atoms with Crippen molar-refractivity contribution in [3.05, 3.63) is 12.4 Å². The lowest BCUT2D eigenvalue weighted by Crippen LogP contribution is -2.36. The maximum atomic E-state index is 11.8. The summed E-state index contributed by atoms with van der Waals surface area (Å²) in [6, 6.07) is 2.04. The maximum absolute atomic E-state index is 11.8. The molecule has 1 N–H and O–H groups in total. The van der Waals surface area contributed by atoms with Crippen LogP contribution in [0.1, 0.15) is 38.5 Å². The average molecular weight is 316 g/mol. The van der Waals surface area contributed by atoms with Crippen molar-refractivity contribution in [2.75, 3.05) is 36.0 Å². The van der Waals surface area contributed by atoms with E-state index in [0.717, 1.165) is 50.5 Å². The van der Waals surface area contributed by atoms with Crippen molar-refractivity contribution in [2.45, 2.75) is 38.5 Å². The first-order valence-corrected chi connectivity index (χ1v) is 8.74. The van der Waals surface area contributed by atoms with Crippen LogP contribution in [0.5, 0.6) is 0 Å². The molecule has 2 saturated heterocycles. The highest BCUT2D eigenvalue weighted by Gasteiger charge is 2.55. The van der Waals surface area contributed by atoms with Crippen LogP contribution in [0.4, 0.5) is 11.6 Å². The van der Waals surface area contributed by atoms with Crippen LogP contribution in [0.2, 0.25) is 0 Å². The van der Waals surface area contributed by atoms with E-state index in [9.17, 15) is 9.90 Å². The molecule has 3 aliphatic rings. The molecule has 0 bridgehead atoms. The molecule has 1 aromatic rings. The van der Waals surface area contributed by atoms with Crippen molar-refractivity contribution < 1.29 is 9.90 Å². The highest BCUT2D eigenvalue weighted by Crippen LogP contribution is 2.49. The standard InChI is InChI=1S/C17H24N4O2/c22-16(23)17-6-4-5-13(17)10-21(11-17)15-9-14(18-12-19-15)20-7-2-1-3-8-20/h9,12-13H,1-8,10-11H2,(H,22,23)/t13-,17+/m0/s1. The first kappa shape index (κ1) is 14.7. The van der Waals surface area contributed by atoms with Gasteiger partial charge in [-0.3, -0.25) is 4.79 Å². The van der Waals surface area contributed by atoms with Crippen LogP contribution in [0.25, 0.3) is 0 Å². The number of carbonyl (C=O) groups is 1. The predicted molar refractivity (Wildman–Crippen MR) is 87.7 cm³/mol. The van der Waals surface area contributed by atoms with E-state index >= 15 is 0 Å². The summed E-state index contributed by atoms with van der Waals surface area (Å²) >= 11 is 0. The lowest BCUT2D eigenvalue weighted by atomic mass is 9.81. The number of rotatable bonds is 3. The molecule has 4 rings (SSSR count). The molecule has 0 aromatic carbocycles. The Balaban J connectivity index is 1.56. The smallest absolute Gasteiger partial charge is 0.311 e. The van der Waals surface area contributed by atoms with Gasteiger partial charge < -0.3 is 14.9 Å². The summed E-state index contributed by atoms with van der Waals surface area (Å²) in [7, 11) is 0. The molecule has 0 spiro atoms. The molecule has 0 radical (unpaired) electrons. The Hall–Kier alpha value is -1.85. The highest BCUT2D eigenvalue weighted by molar-refractivity contribution is 5.78. The monoisotopic (exact) mass is 316 g/mol. The van der Waals surface area contributed by atoms with Crippen molar-refractivity contribution in [2.24, 2.45) is 11.3 Å². The second-order valence-electron chi connectivity index (χ2n) is 7.21. The van der Waals surface area contributed by atoms with Crippen molar-refractivity contribution >= 4 is 17.6 Å². The van der Waals surface area contributed by atoms with E-state index in [2.05, 4.69) is 19.8 Å². The fraction of sp³-hybridized carbons (Fsp3) is 0.706. The van der Waals surface area contributed by atoms with Gasteiger partial charge in [0.2, 0.25) is 0 Å². The van der Waals surface area contributed by atoms with Gasteiger partial charge in [0.25, 0.3) is 0 Å². The molecular weight excluding hydrogens is 292 g/mol. The van der Waals surface area contributed by atoms with Crippen LogP contribution in [0.15, 0.2) is 12.4 Å². The first-order valence-electron chi connectivity index (χ1n) is 8.74. The topological polar surface area (TPSA) is 69.6 Å². The number of carboxylic acid groups (broad SMARTS) is 1. The normalized spacial score (nSPS) is 30.5. The van der Waals surface area contributed by atoms with Crippen molar-refractivity contribution in [1.82, 2.24) is 9.97 Å². The number of aliphatic carboxylic acids is 1. The molecule has 3 heterocycles. The van der Waals surface area contributed by atoms with Crippen molar-refractivity contribution in [1.29, 1.82) is 0 Å². The third-order valence-electron chi connectivity index (χ3n) is 5.94. The lowest BCUT2D eigenvalue weighted by Gasteiger charge is -2.28. The molecule has 1 aliphatic carbocycles. The molecule has 2 aliphatic heterocycles. The molecule has 124 valence electrons. The summed E-state index contributed by atoms with van der Waals surface area (Å²) in [4.78, 5) is 25.2. The van der Waals surface area contributed by atoms with Crippen LogP contribution in [0, 0.1) is 11.3 Å². The number of nitrogens with zero attached hydrogens (tertiary/aromatic N) is 4. The van der Waals surface area contributed by atoms with Gasteiger partial charge >= 0.3 is 5.97 Å². The molecular formula is C17H24N4O2. The molecule has 0 unspecified atom stereocenters. The third-order valence-corrected chi connectivity index (χ3v) is 5.94. The zero-order chi connectivity index (χ0) is 15.9. The summed E-state index contributed by atoms with van der Waals surface area (Å²) in [6.45, 7) is 3.50. The van der Waals surface area contributed by atoms with Gasteiger partial charge in [-0.1, -0.05) is 6.42 Å². The maximum Gasteiger partial charge on any atom is 0.311 e. The van der Waals surface area contributed by atoms with Gasteiger partial charge in [0.05, 0.1) is 5.41 Å². The van der Waals surface area contributed by atoms with Crippen LogP contribution in [-0.4, -0.2) is 47.2 Å². The number of hydrogen-bond donors (Lipinski definition) is 1. The number of anilines is 2. The zero-order valence-corrected chi connectivity index (χ0v) is 13.4. The second kappa shape index (κ2) is 5.65. The number of aromatic nitrogens is 2. The number of fused-ring (bicyclic) bond motifs is 1. The van der Waals surface area contributed by atoms with Crippen LogP contribution in [-0.2, 0) is 4.79 Å². The number of hydrogen-bond acceptors (Lipinski definition) is 5. The molecule has 0 amide bonds. The van der Waals surface area contributed by atoms with Crippen LogP contribution in [0.3, 0.4) is 0 Å². The predicted octanol–water partition coefficient (Wildman–Crippen LogP) is 2.16. The summed E-state index contributed by atoms with van der Waals surface area (Å²) in [5, 5.41) is 9.73. The van der Waals surface area contributed by atoms with E-state index in [1.807, 2.05) is 6.07 Å². The second-order valence-corrected chi connectivity index (χ2v) is 7.21. The Bertz CT molecular complexity index is 602. The molecule has 6 nitrogen and oxygen atoms in total. The van der Waals surface area contributed by atoms with Gasteiger partial charge in [-0.05, 0) is 38.0 Å². The molecule has 1 aromatic heterocycles. The largest absolute Gasteiger partial charge is 0.481 e. The quantitative estimate of drug-likeness (QED) is 0.921. The average Bonchev–Trinajstić information content (AvgIpc) is 3.14. The zero-order valence-electron chi connectivity index (χ0n) is 13.4. The van der Waals surface area contributed by atoms with Gasteiger partial charge in [0.1, 0.15) is 18.0 Å². The van der Waals surface area contributed by atoms with E-state index in [4.69, 9.17) is 0 Å². The number of piperidine rings is 1. The highest BCUT2D eigenvalue weighted by atomic mass is 16.4. The Morgan fingerprint density at radius 2 is 1.87 bits per heavy atom. The van der Waals surface area contributed by atoms with Gasteiger partial charge in [0.15, 0.2) is 0 Å². The summed E-state index contributed by atoms with van der Waals surface area (Å²) < 4.78 is 0.